The van der Waals surface area contributed by atoms with Crippen LogP contribution in [0.25, 0.3) is 10.9 Å². The molecule has 0 saturated heterocycles. The number of halogens is 1. The number of aryl methyl sites for hydroxylation is 2. The van der Waals surface area contributed by atoms with E-state index in [-0.39, 0.29) is 24.0 Å². The molecular weight excluding hydrogens is 427 g/mol. The van der Waals surface area contributed by atoms with Crippen molar-refractivity contribution in [3.05, 3.63) is 53.5 Å². The Morgan fingerprint density at radius 3 is 2.88 bits per heavy atom. The molecule has 0 amide bonds. The molecule has 3 N–H and O–H groups in total. The van der Waals surface area contributed by atoms with E-state index in [1.165, 1.54) is 22.0 Å². The molecule has 6 nitrogen and oxygen atoms in total. The molecule has 0 aliphatic rings. The van der Waals surface area contributed by atoms with E-state index in [0.29, 0.717) is 6.54 Å². The molecule has 0 fully saturated rings. The SMILES string of the molecule is CN=C(NCCc1c[nH]c2cc(C)ccc12)NCc1cnn(C)c1.I. The molecule has 0 unspecified atom stereocenters. The number of nitrogens with one attached hydrogen (secondary N) is 3. The summed E-state index contributed by atoms with van der Waals surface area (Å²) in [6.45, 7) is 3.65. The summed E-state index contributed by atoms with van der Waals surface area (Å²) in [4.78, 5) is 7.61. The summed E-state index contributed by atoms with van der Waals surface area (Å²) in [5.74, 6) is 0.800. The van der Waals surface area contributed by atoms with Crippen molar-refractivity contribution >= 4 is 40.8 Å². The first-order chi connectivity index (χ1) is 11.7. The lowest BCUT2D eigenvalue weighted by Gasteiger charge is -2.11. The Labute approximate surface area is 165 Å². The lowest BCUT2D eigenvalue weighted by Crippen LogP contribution is -2.37. The first-order valence-corrected chi connectivity index (χ1v) is 8.14. The first kappa shape index (κ1) is 19.3. The summed E-state index contributed by atoms with van der Waals surface area (Å²) in [5, 5.41) is 12.1. The molecule has 0 spiro atoms. The summed E-state index contributed by atoms with van der Waals surface area (Å²) in [6, 6.07) is 6.52. The third-order valence-corrected chi connectivity index (χ3v) is 4.05. The molecule has 2 aromatic heterocycles. The lowest BCUT2D eigenvalue weighted by molar-refractivity contribution is 0.764. The van der Waals surface area contributed by atoms with E-state index in [0.717, 1.165) is 24.5 Å². The Hall–Kier alpha value is -2.03. The van der Waals surface area contributed by atoms with E-state index >= 15 is 0 Å². The van der Waals surface area contributed by atoms with Crippen molar-refractivity contribution in [1.82, 2.24) is 25.4 Å². The number of aliphatic imine (C=N–C) groups is 1. The number of H-pyrrole nitrogens is 1. The summed E-state index contributed by atoms with van der Waals surface area (Å²) >= 11 is 0. The molecule has 0 aliphatic carbocycles. The van der Waals surface area contributed by atoms with Crippen molar-refractivity contribution in [3.63, 3.8) is 0 Å². The van der Waals surface area contributed by atoms with Gasteiger partial charge in [0.1, 0.15) is 0 Å². The van der Waals surface area contributed by atoms with Crippen molar-refractivity contribution in [2.45, 2.75) is 19.9 Å². The second-order valence-corrected chi connectivity index (χ2v) is 5.99. The van der Waals surface area contributed by atoms with Crippen LogP contribution in [0.4, 0.5) is 0 Å². The first-order valence-electron chi connectivity index (χ1n) is 8.14. The summed E-state index contributed by atoms with van der Waals surface area (Å²) in [5.41, 5.74) is 4.92. The monoisotopic (exact) mass is 452 g/mol. The fraction of sp³-hybridized carbons (Fsp3) is 0.333. The predicted molar refractivity (Wildman–Crippen MR) is 114 cm³/mol. The number of benzene rings is 1. The number of hydrogen-bond donors (Lipinski definition) is 3. The molecular formula is C18H25IN6. The molecule has 0 atom stereocenters. The number of fused-ring (bicyclic) bond motifs is 1. The van der Waals surface area contributed by atoms with Crippen molar-refractivity contribution in [2.24, 2.45) is 12.0 Å². The fourth-order valence-electron chi connectivity index (χ4n) is 2.79. The van der Waals surface area contributed by atoms with E-state index in [1.54, 1.807) is 11.7 Å². The maximum Gasteiger partial charge on any atom is 0.191 e. The largest absolute Gasteiger partial charge is 0.361 e. The Kier molecular flexibility index (Phi) is 6.86. The Morgan fingerprint density at radius 1 is 1.32 bits per heavy atom. The smallest absolute Gasteiger partial charge is 0.191 e. The zero-order valence-electron chi connectivity index (χ0n) is 14.8. The maximum absolute atomic E-state index is 4.26. The van der Waals surface area contributed by atoms with Gasteiger partial charge in [-0.3, -0.25) is 9.67 Å². The van der Waals surface area contributed by atoms with Crippen molar-refractivity contribution < 1.29 is 0 Å². The van der Waals surface area contributed by atoms with E-state index in [4.69, 9.17) is 0 Å². The van der Waals surface area contributed by atoms with Crippen LogP contribution < -0.4 is 10.6 Å². The highest BCUT2D eigenvalue weighted by Crippen LogP contribution is 2.19. The van der Waals surface area contributed by atoms with Gasteiger partial charge in [0, 0.05) is 56.0 Å². The predicted octanol–water partition coefficient (Wildman–Crippen LogP) is 2.74. The second-order valence-electron chi connectivity index (χ2n) is 5.99. The van der Waals surface area contributed by atoms with Gasteiger partial charge in [-0.2, -0.15) is 5.10 Å². The van der Waals surface area contributed by atoms with Gasteiger partial charge in [0.05, 0.1) is 6.20 Å². The molecule has 25 heavy (non-hydrogen) atoms. The highest BCUT2D eigenvalue weighted by Gasteiger charge is 2.05. The molecule has 134 valence electrons. The number of nitrogens with zero attached hydrogens (tertiary/aromatic N) is 3. The number of hydrogen-bond acceptors (Lipinski definition) is 2. The minimum atomic E-state index is 0. The average Bonchev–Trinajstić information content (AvgIpc) is 3.16. The highest BCUT2D eigenvalue weighted by molar-refractivity contribution is 14.0. The van der Waals surface area contributed by atoms with Crippen LogP contribution in [0, 0.1) is 6.92 Å². The van der Waals surface area contributed by atoms with Crippen LogP contribution in [0.1, 0.15) is 16.7 Å². The number of aromatic amines is 1. The van der Waals surface area contributed by atoms with Crippen LogP contribution >= 0.6 is 24.0 Å². The Bertz CT molecular complexity index is 848. The van der Waals surface area contributed by atoms with Gasteiger partial charge in [-0.05, 0) is 30.5 Å². The van der Waals surface area contributed by atoms with E-state index in [9.17, 15) is 0 Å². The van der Waals surface area contributed by atoms with Gasteiger partial charge in [0.25, 0.3) is 0 Å². The van der Waals surface area contributed by atoms with Gasteiger partial charge in [-0.1, -0.05) is 12.1 Å². The minimum absolute atomic E-state index is 0. The lowest BCUT2D eigenvalue weighted by atomic mass is 10.1. The number of rotatable bonds is 5. The molecule has 0 radical (unpaired) electrons. The van der Waals surface area contributed by atoms with Crippen molar-refractivity contribution in [1.29, 1.82) is 0 Å². The zero-order chi connectivity index (χ0) is 16.9. The fourth-order valence-corrected chi connectivity index (χ4v) is 2.79. The standard InChI is InChI=1S/C18H24N6.HI/c1-13-4-5-16-15(11-21-17(16)8-13)6-7-20-18(19-2)22-9-14-10-23-24(3)12-14;/h4-5,8,10-12,21H,6-7,9H2,1-3H3,(H2,19,20,22);1H. The van der Waals surface area contributed by atoms with Crippen LogP contribution in [0.5, 0.6) is 0 Å². The Morgan fingerprint density at radius 2 is 2.16 bits per heavy atom. The van der Waals surface area contributed by atoms with E-state index in [2.05, 4.69) is 57.0 Å². The highest BCUT2D eigenvalue weighted by atomic mass is 127. The van der Waals surface area contributed by atoms with Gasteiger partial charge in [0.2, 0.25) is 0 Å². The molecule has 1 aromatic carbocycles. The van der Waals surface area contributed by atoms with Gasteiger partial charge >= 0.3 is 0 Å². The van der Waals surface area contributed by atoms with Crippen LogP contribution in [-0.2, 0) is 20.0 Å². The Balaban J connectivity index is 0.00000225. The van der Waals surface area contributed by atoms with Crippen LogP contribution in [-0.4, -0.2) is 34.3 Å². The van der Waals surface area contributed by atoms with Gasteiger partial charge in [-0.25, -0.2) is 0 Å². The zero-order valence-corrected chi connectivity index (χ0v) is 17.2. The molecule has 0 aliphatic heterocycles. The molecule has 0 bridgehead atoms. The van der Waals surface area contributed by atoms with Crippen LogP contribution in [0.2, 0.25) is 0 Å². The molecule has 0 saturated carbocycles. The molecule has 2 heterocycles. The molecule has 3 rings (SSSR count). The van der Waals surface area contributed by atoms with Gasteiger partial charge in [0.15, 0.2) is 5.96 Å². The third-order valence-electron chi connectivity index (χ3n) is 4.05. The normalized spacial score (nSPS) is 11.4. The molecule has 3 aromatic rings. The average molecular weight is 452 g/mol. The van der Waals surface area contributed by atoms with E-state index in [1.807, 2.05) is 19.4 Å². The van der Waals surface area contributed by atoms with Crippen molar-refractivity contribution in [3.8, 4) is 0 Å². The summed E-state index contributed by atoms with van der Waals surface area (Å²) in [6.07, 6.45) is 6.89. The summed E-state index contributed by atoms with van der Waals surface area (Å²) in [7, 11) is 3.70. The third kappa shape index (κ3) is 4.97. The number of aromatic nitrogens is 3. The summed E-state index contributed by atoms with van der Waals surface area (Å²) < 4.78 is 1.80. The van der Waals surface area contributed by atoms with Crippen LogP contribution in [0.15, 0.2) is 41.8 Å². The maximum atomic E-state index is 4.26. The van der Waals surface area contributed by atoms with E-state index < -0.39 is 0 Å². The van der Waals surface area contributed by atoms with Gasteiger partial charge in [-0.15, -0.1) is 24.0 Å². The van der Waals surface area contributed by atoms with Crippen LogP contribution in [0.3, 0.4) is 0 Å². The quantitative estimate of drug-likeness (QED) is 0.317. The molecule has 7 heteroatoms. The minimum Gasteiger partial charge on any atom is -0.361 e. The van der Waals surface area contributed by atoms with Gasteiger partial charge < -0.3 is 15.6 Å². The number of guanidine groups is 1. The second kappa shape index (κ2) is 8.89. The topological polar surface area (TPSA) is 70.0 Å². The van der Waals surface area contributed by atoms with Crippen molar-refractivity contribution in [2.75, 3.05) is 13.6 Å².